The summed E-state index contributed by atoms with van der Waals surface area (Å²) < 4.78 is 4.37. The van der Waals surface area contributed by atoms with E-state index in [1.54, 1.807) is 0 Å². The number of benzene rings is 1. The van der Waals surface area contributed by atoms with Crippen LogP contribution in [-0.4, -0.2) is 4.57 Å². The van der Waals surface area contributed by atoms with E-state index in [1.165, 1.54) is 11.2 Å². The van der Waals surface area contributed by atoms with Crippen molar-refractivity contribution < 1.29 is 4.40 Å². The minimum absolute atomic E-state index is 0.918. The molecule has 2 heteroatoms. The fourth-order valence-corrected chi connectivity index (χ4v) is 1.96. The summed E-state index contributed by atoms with van der Waals surface area (Å²) in [6, 6.07) is 16.7. The highest BCUT2D eigenvalue weighted by atomic mass is 15.1. The second-order valence-electron chi connectivity index (χ2n) is 3.88. The molecule has 0 N–H and O–H groups in total. The monoisotopic (exact) mass is 209 g/mol. The van der Waals surface area contributed by atoms with Crippen LogP contribution >= 0.6 is 0 Å². The fraction of sp³-hybridized carbons (Fsp3) is 0.0714. The average Bonchev–Trinajstić information content (AvgIpc) is 2.74. The lowest BCUT2D eigenvalue weighted by Crippen LogP contribution is -2.18. The zero-order valence-corrected chi connectivity index (χ0v) is 8.95. The number of aromatic nitrogens is 2. The Balaban J connectivity index is 2.01. The van der Waals surface area contributed by atoms with Crippen molar-refractivity contribution >= 4 is 5.65 Å². The van der Waals surface area contributed by atoms with Gasteiger partial charge in [0.15, 0.2) is 0 Å². The Bertz CT molecular complexity index is 596. The second kappa shape index (κ2) is 3.81. The number of hydrogen-bond donors (Lipinski definition) is 0. The zero-order valence-electron chi connectivity index (χ0n) is 8.95. The molecule has 3 rings (SSSR count). The molecule has 0 amide bonds. The lowest BCUT2D eigenvalue weighted by molar-refractivity contribution is -0.510. The van der Waals surface area contributed by atoms with Gasteiger partial charge in [0, 0.05) is 6.07 Å². The summed E-state index contributed by atoms with van der Waals surface area (Å²) in [6.07, 6.45) is 6.26. The first kappa shape index (κ1) is 9.16. The third kappa shape index (κ3) is 1.58. The molecule has 2 nitrogen and oxygen atoms in total. The first-order chi connectivity index (χ1) is 7.93. The van der Waals surface area contributed by atoms with E-state index in [9.17, 15) is 0 Å². The minimum Gasteiger partial charge on any atom is -0.226 e. The Morgan fingerprint density at radius 1 is 0.875 bits per heavy atom. The molecular weight excluding hydrogens is 196 g/mol. The summed E-state index contributed by atoms with van der Waals surface area (Å²) in [7, 11) is 0. The fourth-order valence-electron chi connectivity index (χ4n) is 1.96. The first-order valence-corrected chi connectivity index (χ1v) is 5.42. The molecule has 3 aromatic rings. The van der Waals surface area contributed by atoms with Crippen molar-refractivity contribution in [3.63, 3.8) is 0 Å². The topological polar surface area (TPSA) is 9.03 Å². The maximum Gasteiger partial charge on any atom is 0.286 e. The van der Waals surface area contributed by atoms with Crippen LogP contribution in [0.15, 0.2) is 67.1 Å². The molecular formula is C14H13N2+. The number of rotatable bonds is 2. The van der Waals surface area contributed by atoms with Crippen molar-refractivity contribution in [2.45, 2.75) is 6.54 Å². The normalized spacial score (nSPS) is 10.8. The second-order valence-corrected chi connectivity index (χ2v) is 3.88. The van der Waals surface area contributed by atoms with Crippen LogP contribution in [0.3, 0.4) is 0 Å². The first-order valence-electron chi connectivity index (χ1n) is 5.42. The van der Waals surface area contributed by atoms with Crippen molar-refractivity contribution in [1.29, 1.82) is 0 Å². The molecule has 0 aliphatic carbocycles. The van der Waals surface area contributed by atoms with Crippen LogP contribution in [-0.2, 0) is 6.54 Å². The van der Waals surface area contributed by atoms with E-state index in [-0.39, 0.29) is 0 Å². The van der Waals surface area contributed by atoms with E-state index in [4.69, 9.17) is 0 Å². The van der Waals surface area contributed by atoms with E-state index in [0.717, 1.165) is 6.54 Å². The van der Waals surface area contributed by atoms with E-state index >= 15 is 0 Å². The molecule has 2 aromatic heterocycles. The van der Waals surface area contributed by atoms with Crippen LogP contribution in [0, 0.1) is 0 Å². The van der Waals surface area contributed by atoms with Crippen molar-refractivity contribution in [2.75, 3.05) is 0 Å². The summed E-state index contributed by atoms with van der Waals surface area (Å²) >= 11 is 0. The summed E-state index contributed by atoms with van der Waals surface area (Å²) in [5.74, 6) is 0. The molecule has 0 saturated heterocycles. The number of imidazole rings is 1. The lowest BCUT2D eigenvalue weighted by Gasteiger charge is -1.97. The Labute approximate surface area is 94.4 Å². The summed E-state index contributed by atoms with van der Waals surface area (Å²) in [4.78, 5) is 0. The molecule has 0 fully saturated rings. The van der Waals surface area contributed by atoms with Crippen LogP contribution in [0.4, 0.5) is 0 Å². The van der Waals surface area contributed by atoms with Crippen molar-refractivity contribution in [1.82, 2.24) is 4.57 Å². The number of fused-ring (bicyclic) bond motifs is 1. The van der Waals surface area contributed by atoms with E-state index < -0.39 is 0 Å². The molecule has 16 heavy (non-hydrogen) atoms. The van der Waals surface area contributed by atoms with Gasteiger partial charge in [0.25, 0.3) is 5.65 Å². The average molecular weight is 209 g/mol. The zero-order chi connectivity index (χ0) is 10.8. The van der Waals surface area contributed by atoms with Gasteiger partial charge in [0.1, 0.15) is 18.9 Å². The van der Waals surface area contributed by atoms with Gasteiger partial charge in [-0.05, 0) is 11.6 Å². The molecule has 0 aliphatic rings. The van der Waals surface area contributed by atoms with Gasteiger partial charge in [-0.15, -0.1) is 0 Å². The highest BCUT2D eigenvalue weighted by molar-refractivity contribution is 5.31. The number of pyridine rings is 1. The van der Waals surface area contributed by atoms with Gasteiger partial charge < -0.3 is 0 Å². The van der Waals surface area contributed by atoms with Gasteiger partial charge in [-0.25, -0.2) is 8.97 Å². The van der Waals surface area contributed by atoms with Gasteiger partial charge in [0.05, 0.1) is 6.20 Å². The molecule has 0 radical (unpaired) electrons. The molecule has 78 valence electrons. The number of hydrogen-bond acceptors (Lipinski definition) is 0. The molecule has 0 aliphatic heterocycles. The third-order valence-corrected chi connectivity index (χ3v) is 2.76. The Morgan fingerprint density at radius 2 is 1.69 bits per heavy atom. The SMILES string of the molecule is c1ccc(Cn2cc[n+]3ccccc23)cc1. The third-order valence-electron chi connectivity index (χ3n) is 2.76. The lowest BCUT2D eigenvalue weighted by atomic mass is 10.2. The summed E-state index contributed by atoms with van der Waals surface area (Å²) in [5.41, 5.74) is 2.54. The van der Waals surface area contributed by atoms with Gasteiger partial charge >= 0.3 is 0 Å². The number of nitrogens with zero attached hydrogens (tertiary/aromatic N) is 2. The van der Waals surface area contributed by atoms with Crippen molar-refractivity contribution in [3.05, 3.63) is 72.7 Å². The summed E-state index contributed by atoms with van der Waals surface area (Å²) in [6.45, 7) is 0.918. The summed E-state index contributed by atoms with van der Waals surface area (Å²) in [5, 5.41) is 0. The van der Waals surface area contributed by atoms with Gasteiger partial charge in [-0.2, -0.15) is 0 Å². The van der Waals surface area contributed by atoms with E-state index in [2.05, 4.69) is 64.0 Å². The maximum absolute atomic E-state index is 2.25. The van der Waals surface area contributed by atoms with Crippen LogP contribution in [0.5, 0.6) is 0 Å². The minimum atomic E-state index is 0.918. The molecule has 0 saturated carbocycles. The molecule has 1 aromatic carbocycles. The highest BCUT2D eigenvalue weighted by Gasteiger charge is 2.07. The standard InChI is InChI=1S/C14H13N2/c1-2-6-13(7-3-1)12-16-11-10-15-9-5-4-8-14(15)16/h1-11H,12H2/q+1. The molecule has 0 spiro atoms. The molecule has 2 heterocycles. The highest BCUT2D eigenvalue weighted by Crippen LogP contribution is 2.05. The van der Waals surface area contributed by atoms with Gasteiger partial charge in [-0.3, -0.25) is 0 Å². The predicted molar refractivity (Wildman–Crippen MR) is 63.1 cm³/mol. The van der Waals surface area contributed by atoms with Crippen molar-refractivity contribution in [3.8, 4) is 0 Å². The Hall–Kier alpha value is -2.09. The maximum atomic E-state index is 2.25. The van der Waals surface area contributed by atoms with Crippen LogP contribution in [0.1, 0.15) is 5.56 Å². The van der Waals surface area contributed by atoms with Crippen LogP contribution < -0.4 is 4.40 Å². The molecule has 0 unspecified atom stereocenters. The van der Waals surface area contributed by atoms with Crippen LogP contribution in [0.25, 0.3) is 5.65 Å². The van der Waals surface area contributed by atoms with Crippen molar-refractivity contribution in [2.24, 2.45) is 0 Å². The smallest absolute Gasteiger partial charge is 0.226 e. The quantitative estimate of drug-likeness (QED) is 0.573. The Kier molecular flexibility index (Phi) is 2.18. The largest absolute Gasteiger partial charge is 0.286 e. The van der Waals surface area contributed by atoms with Crippen LogP contribution in [0.2, 0.25) is 0 Å². The molecule has 0 atom stereocenters. The predicted octanol–water partition coefficient (Wildman–Crippen LogP) is 2.28. The molecule has 0 bridgehead atoms. The van der Waals surface area contributed by atoms with Gasteiger partial charge in [0.2, 0.25) is 0 Å². The van der Waals surface area contributed by atoms with E-state index in [1.807, 2.05) is 12.1 Å². The van der Waals surface area contributed by atoms with Gasteiger partial charge in [-0.1, -0.05) is 36.4 Å². The Morgan fingerprint density at radius 3 is 2.56 bits per heavy atom. The van der Waals surface area contributed by atoms with E-state index in [0.29, 0.717) is 0 Å².